The summed E-state index contributed by atoms with van der Waals surface area (Å²) in [5.74, 6) is 0. The second kappa shape index (κ2) is 7.29. The van der Waals surface area contributed by atoms with Crippen molar-refractivity contribution in [3.05, 3.63) is 30.1 Å². The minimum Gasteiger partial charge on any atom is -0.411 e. The molecule has 1 aromatic heterocycles. The molecule has 5 heteroatoms. The standard InChI is InChI=1S/C9H13N3O.ClH/c10-5-1-4-9(12-13)8-3-2-6-11-7-8;/h2-3,6-7,13H,1,4-5,10H2;1H/b12-9+;. The largest absolute Gasteiger partial charge is 0.411 e. The predicted octanol–water partition coefficient (Wildman–Crippen LogP) is 1.42. The summed E-state index contributed by atoms with van der Waals surface area (Å²) in [4.78, 5) is 3.94. The van der Waals surface area contributed by atoms with E-state index in [-0.39, 0.29) is 12.4 Å². The van der Waals surface area contributed by atoms with Crippen LogP contribution in [0, 0.1) is 0 Å². The molecule has 0 aromatic carbocycles. The van der Waals surface area contributed by atoms with E-state index < -0.39 is 0 Å². The van der Waals surface area contributed by atoms with Gasteiger partial charge in [-0.05, 0) is 31.5 Å². The maximum Gasteiger partial charge on any atom is 0.0883 e. The van der Waals surface area contributed by atoms with Gasteiger partial charge in [-0.1, -0.05) is 5.16 Å². The first-order valence-corrected chi connectivity index (χ1v) is 4.20. The Balaban J connectivity index is 0.00000169. The second-order valence-electron chi connectivity index (χ2n) is 2.68. The van der Waals surface area contributed by atoms with Gasteiger partial charge in [0.2, 0.25) is 0 Å². The molecule has 3 N–H and O–H groups in total. The number of aromatic nitrogens is 1. The van der Waals surface area contributed by atoms with Crippen LogP contribution < -0.4 is 5.73 Å². The van der Waals surface area contributed by atoms with Gasteiger partial charge in [0.1, 0.15) is 0 Å². The van der Waals surface area contributed by atoms with Crippen LogP contribution in [0.25, 0.3) is 0 Å². The topological polar surface area (TPSA) is 71.5 Å². The molecule has 0 bridgehead atoms. The molecule has 4 nitrogen and oxygen atoms in total. The number of hydrogen-bond acceptors (Lipinski definition) is 4. The fourth-order valence-corrected chi connectivity index (χ4v) is 1.06. The van der Waals surface area contributed by atoms with Crippen LogP contribution in [0.5, 0.6) is 0 Å². The summed E-state index contributed by atoms with van der Waals surface area (Å²) in [6.07, 6.45) is 4.85. The molecule has 0 aliphatic heterocycles. The maximum atomic E-state index is 8.73. The summed E-state index contributed by atoms with van der Waals surface area (Å²) in [5, 5.41) is 11.9. The summed E-state index contributed by atoms with van der Waals surface area (Å²) >= 11 is 0. The highest BCUT2D eigenvalue weighted by Crippen LogP contribution is 2.03. The van der Waals surface area contributed by atoms with Gasteiger partial charge in [-0.15, -0.1) is 12.4 Å². The number of nitrogens with two attached hydrogens (primary N) is 1. The third kappa shape index (κ3) is 3.72. The average molecular weight is 216 g/mol. The first-order valence-electron chi connectivity index (χ1n) is 4.20. The smallest absolute Gasteiger partial charge is 0.0883 e. The zero-order valence-corrected chi connectivity index (χ0v) is 8.57. The Kier molecular flexibility index (Phi) is 6.70. The summed E-state index contributed by atoms with van der Waals surface area (Å²) in [7, 11) is 0. The van der Waals surface area contributed by atoms with E-state index in [0.29, 0.717) is 18.7 Å². The SMILES string of the molecule is Cl.NCCC/C(=N\O)c1cccnc1. The first-order chi connectivity index (χ1) is 6.38. The Labute approximate surface area is 89.2 Å². The summed E-state index contributed by atoms with van der Waals surface area (Å²) < 4.78 is 0. The minimum atomic E-state index is 0. The van der Waals surface area contributed by atoms with Gasteiger partial charge < -0.3 is 10.9 Å². The molecule has 14 heavy (non-hydrogen) atoms. The van der Waals surface area contributed by atoms with Gasteiger partial charge >= 0.3 is 0 Å². The summed E-state index contributed by atoms with van der Waals surface area (Å²) in [6, 6.07) is 3.67. The molecule has 1 aromatic rings. The van der Waals surface area contributed by atoms with Crippen LogP contribution in [-0.2, 0) is 0 Å². The van der Waals surface area contributed by atoms with E-state index in [1.165, 1.54) is 0 Å². The molecule has 0 aliphatic rings. The molecule has 0 aliphatic carbocycles. The molecule has 0 unspecified atom stereocenters. The van der Waals surface area contributed by atoms with Crippen molar-refractivity contribution in [2.75, 3.05) is 6.54 Å². The van der Waals surface area contributed by atoms with E-state index in [1.807, 2.05) is 12.1 Å². The Morgan fingerprint density at radius 2 is 2.36 bits per heavy atom. The van der Waals surface area contributed by atoms with E-state index >= 15 is 0 Å². The summed E-state index contributed by atoms with van der Waals surface area (Å²) in [6.45, 7) is 0.597. The fourth-order valence-electron chi connectivity index (χ4n) is 1.06. The molecule has 0 saturated carbocycles. The van der Waals surface area contributed by atoms with Gasteiger partial charge in [0.15, 0.2) is 0 Å². The zero-order chi connectivity index (χ0) is 9.52. The van der Waals surface area contributed by atoms with Crippen LogP contribution in [0.15, 0.2) is 29.7 Å². The quantitative estimate of drug-likeness (QED) is 0.453. The highest BCUT2D eigenvalue weighted by molar-refractivity contribution is 5.99. The van der Waals surface area contributed by atoms with E-state index in [1.54, 1.807) is 12.4 Å². The Morgan fingerprint density at radius 3 is 2.86 bits per heavy atom. The second-order valence-corrected chi connectivity index (χ2v) is 2.68. The third-order valence-electron chi connectivity index (χ3n) is 1.73. The van der Waals surface area contributed by atoms with E-state index in [9.17, 15) is 0 Å². The van der Waals surface area contributed by atoms with Crippen molar-refractivity contribution in [2.24, 2.45) is 10.9 Å². The van der Waals surface area contributed by atoms with Gasteiger partial charge in [-0.2, -0.15) is 0 Å². The molecule has 0 fully saturated rings. The van der Waals surface area contributed by atoms with Crippen LogP contribution in [0.3, 0.4) is 0 Å². The number of oxime groups is 1. The van der Waals surface area contributed by atoms with Gasteiger partial charge in [-0.25, -0.2) is 0 Å². The molecule has 0 atom stereocenters. The van der Waals surface area contributed by atoms with Crippen LogP contribution in [-0.4, -0.2) is 22.4 Å². The zero-order valence-electron chi connectivity index (χ0n) is 7.76. The molecule has 0 amide bonds. The fraction of sp³-hybridized carbons (Fsp3) is 0.333. The Morgan fingerprint density at radius 1 is 1.57 bits per heavy atom. The minimum absolute atomic E-state index is 0. The van der Waals surface area contributed by atoms with Crippen molar-refractivity contribution in [3.63, 3.8) is 0 Å². The molecule has 1 rings (SSSR count). The lowest BCUT2D eigenvalue weighted by Gasteiger charge is -2.01. The van der Waals surface area contributed by atoms with Gasteiger partial charge in [0.05, 0.1) is 5.71 Å². The monoisotopic (exact) mass is 215 g/mol. The van der Waals surface area contributed by atoms with Crippen LogP contribution >= 0.6 is 12.4 Å². The molecular formula is C9H14ClN3O. The van der Waals surface area contributed by atoms with Crippen LogP contribution in [0.1, 0.15) is 18.4 Å². The maximum absolute atomic E-state index is 8.73. The van der Waals surface area contributed by atoms with E-state index in [0.717, 1.165) is 12.0 Å². The van der Waals surface area contributed by atoms with Gasteiger partial charge in [-0.3, -0.25) is 4.98 Å². The summed E-state index contributed by atoms with van der Waals surface area (Å²) in [5.41, 5.74) is 6.84. The molecule has 0 saturated heterocycles. The van der Waals surface area contributed by atoms with Crippen LogP contribution in [0.2, 0.25) is 0 Å². The van der Waals surface area contributed by atoms with E-state index in [2.05, 4.69) is 10.1 Å². The Bertz CT molecular complexity index is 277. The van der Waals surface area contributed by atoms with Crippen molar-refractivity contribution < 1.29 is 5.21 Å². The van der Waals surface area contributed by atoms with Gasteiger partial charge in [0.25, 0.3) is 0 Å². The van der Waals surface area contributed by atoms with Crippen molar-refractivity contribution in [1.82, 2.24) is 4.98 Å². The number of hydrogen-bond donors (Lipinski definition) is 2. The number of nitrogens with zero attached hydrogens (tertiary/aromatic N) is 2. The molecule has 0 radical (unpaired) electrons. The lowest BCUT2D eigenvalue weighted by Crippen LogP contribution is -2.06. The Hall–Kier alpha value is -1.13. The third-order valence-corrected chi connectivity index (χ3v) is 1.73. The molecular weight excluding hydrogens is 202 g/mol. The highest BCUT2D eigenvalue weighted by Gasteiger charge is 2.02. The van der Waals surface area contributed by atoms with Crippen molar-refractivity contribution >= 4 is 18.1 Å². The molecule has 78 valence electrons. The molecule has 0 spiro atoms. The van der Waals surface area contributed by atoms with Gasteiger partial charge in [0, 0.05) is 18.0 Å². The lowest BCUT2D eigenvalue weighted by molar-refractivity contribution is 0.318. The average Bonchev–Trinajstić information content (AvgIpc) is 2.21. The van der Waals surface area contributed by atoms with Crippen molar-refractivity contribution in [2.45, 2.75) is 12.8 Å². The lowest BCUT2D eigenvalue weighted by atomic mass is 10.1. The normalized spacial score (nSPS) is 10.8. The highest BCUT2D eigenvalue weighted by atomic mass is 35.5. The number of rotatable bonds is 4. The van der Waals surface area contributed by atoms with Crippen LogP contribution in [0.4, 0.5) is 0 Å². The first kappa shape index (κ1) is 12.9. The van der Waals surface area contributed by atoms with E-state index in [4.69, 9.17) is 10.9 Å². The van der Waals surface area contributed by atoms with Crippen molar-refractivity contribution in [1.29, 1.82) is 0 Å². The van der Waals surface area contributed by atoms with Crippen molar-refractivity contribution in [3.8, 4) is 0 Å². The number of pyridine rings is 1. The molecule has 1 heterocycles. The predicted molar refractivity (Wildman–Crippen MR) is 58.1 cm³/mol. The number of halogens is 1.